The van der Waals surface area contributed by atoms with Crippen molar-refractivity contribution in [2.45, 2.75) is 57.2 Å². The Hall–Kier alpha value is -3.00. The van der Waals surface area contributed by atoms with Gasteiger partial charge in [0.25, 0.3) is 11.5 Å². The highest BCUT2D eigenvalue weighted by molar-refractivity contribution is 5.97. The topological polar surface area (TPSA) is 101 Å². The van der Waals surface area contributed by atoms with Gasteiger partial charge in [-0.2, -0.15) is 0 Å². The van der Waals surface area contributed by atoms with Gasteiger partial charge < -0.3 is 14.6 Å². The molecule has 2 fully saturated rings. The summed E-state index contributed by atoms with van der Waals surface area (Å²) in [6.45, 7) is 1.09. The lowest BCUT2D eigenvalue weighted by atomic mass is 10.1. The van der Waals surface area contributed by atoms with Crippen molar-refractivity contribution < 1.29 is 9.53 Å². The lowest BCUT2D eigenvalue weighted by molar-refractivity contribution is 0.0921. The van der Waals surface area contributed by atoms with E-state index in [2.05, 4.69) is 10.3 Å². The zero-order valence-electron chi connectivity index (χ0n) is 16.8. The fourth-order valence-corrected chi connectivity index (χ4v) is 4.56. The number of nitrogens with zero attached hydrogens (tertiary/aromatic N) is 3. The maximum atomic E-state index is 13.2. The van der Waals surface area contributed by atoms with Gasteiger partial charge in [-0.25, -0.2) is 4.98 Å². The average Bonchev–Trinajstić information content (AvgIpc) is 3.44. The largest absolute Gasteiger partial charge is 0.376 e. The molecule has 3 aromatic rings. The number of carbonyl (C=O) groups is 1. The van der Waals surface area contributed by atoms with Crippen LogP contribution in [0.5, 0.6) is 0 Å². The van der Waals surface area contributed by atoms with E-state index in [0.717, 1.165) is 38.5 Å². The Kier molecular flexibility index (Phi) is 4.86. The van der Waals surface area contributed by atoms with Crippen molar-refractivity contribution in [2.75, 3.05) is 6.61 Å². The van der Waals surface area contributed by atoms with E-state index in [1.807, 2.05) is 6.07 Å². The fraction of sp³-hybridized carbons (Fsp3) is 0.455. The summed E-state index contributed by atoms with van der Waals surface area (Å²) >= 11 is 0. The molecule has 0 bridgehead atoms. The maximum absolute atomic E-state index is 13.2. The van der Waals surface area contributed by atoms with Gasteiger partial charge in [0.2, 0.25) is 0 Å². The summed E-state index contributed by atoms with van der Waals surface area (Å²) in [6, 6.07) is 7.03. The van der Waals surface area contributed by atoms with Crippen LogP contribution < -0.4 is 16.4 Å². The average molecular weight is 407 g/mol. The minimum absolute atomic E-state index is 0.0496. The molecule has 1 aliphatic carbocycles. The van der Waals surface area contributed by atoms with Crippen molar-refractivity contribution in [3.8, 4) is 0 Å². The molecule has 1 amide bonds. The van der Waals surface area contributed by atoms with Crippen LogP contribution in [0.1, 0.15) is 48.9 Å². The van der Waals surface area contributed by atoms with E-state index < -0.39 is 0 Å². The van der Waals surface area contributed by atoms with Crippen molar-refractivity contribution in [1.82, 2.24) is 19.3 Å². The number of rotatable bonds is 4. The molecular formula is C22H25N5O3. The number of carbonyl (C=O) groups excluding carboxylic acids is 1. The summed E-state index contributed by atoms with van der Waals surface area (Å²) in [6.07, 6.45) is 7.60. The Morgan fingerprint density at radius 3 is 2.83 bits per heavy atom. The highest BCUT2D eigenvalue weighted by Crippen LogP contribution is 2.19. The lowest BCUT2D eigenvalue weighted by Crippen LogP contribution is -2.39. The predicted octanol–water partition coefficient (Wildman–Crippen LogP) is 1.98. The van der Waals surface area contributed by atoms with Gasteiger partial charge in [0.15, 0.2) is 0 Å². The third-order valence-corrected chi connectivity index (χ3v) is 6.16. The molecule has 2 aliphatic rings. The molecule has 1 saturated heterocycles. The smallest absolute Gasteiger partial charge is 0.267 e. The van der Waals surface area contributed by atoms with E-state index in [9.17, 15) is 9.59 Å². The van der Waals surface area contributed by atoms with Gasteiger partial charge in [0.05, 0.1) is 23.6 Å². The summed E-state index contributed by atoms with van der Waals surface area (Å²) < 4.78 is 8.91. The van der Waals surface area contributed by atoms with Gasteiger partial charge in [-0.15, -0.1) is 0 Å². The van der Waals surface area contributed by atoms with Crippen LogP contribution >= 0.6 is 0 Å². The van der Waals surface area contributed by atoms with Crippen molar-refractivity contribution in [1.29, 1.82) is 5.41 Å². The monoisotopic (exact) mass is 407 g/mol. The predicted molar refractivity (Wildman–Crippen MR) is 112 cm³/mol. The van der Waals surface area contributed by atoms with Crippen LogP contribution in [0.3, 0.4) is 0 Å². The Labute approximate surface area is 173 Å². The van der Waals surface area contributed by atoms with Crippen LogP contribution in [0, 0.1) is 5.41 Å². The van der Waals surface area contributed by atoms with Gasteiger partial charge in [0.1, 0.15) is 16.8 Å². The molecule has 5 rings (SSSR count). The lowest BCUT2D eigenvalue weighted by Gasteiger charge is -2.18. The molecule has 8 heteroatoms. The molecule has 1 atom stereocenters. The zero-order chi connectivity index (χ0) is 20.7. The number of nitrogens with one attached hydrogen (secondary N) is 2. The molecule has 30 heavy (non-hydrogen) atoms. The van der Waals surface area contributed by atoms with Gasteiger partial charge in [-0.1, -0.05) is 18.9 Å². The Balaban J connectivity index is 1.69. The van der Waals surface area contributed by atoms with Crippen molar-refractivity contribution in [2.24, 2.45) is 0 Å². The van der Waals surface area contributed by atoms with Crippen molar-refractivity contribution >= 4 is 22.6 Å². The third-order valence-electron chi connectivity index (χ3n) is 6.16. The summed E-state index contributed by atoms with van der Waals surface area (Å²) in [7, 11) is 0. The first-order chi connectivity index (χ1) is 14.6. The number of hydrogen-bond donors (Lipinski definition) is 2. The Morgan fingerprint density at radius 1 is 1.23 bits per heavy atom. The van der Waals surface area contributed by atoms with E-state index in [0.29, 0.717) is 29.8 Å². The van der Waals surface area contributed by atoms with Crippen LogP contribution in [-0.4, -0.2) is 38.6 Å². The highest BCUT2D eigenvalue weighted by Gasteiger charge is 2.24. The second kappa shape index (κ2) is 7.68. The first-order valence-corrected chi connectivity index (χ1v) is 10.6. The van der Waals surface area contributed by atoms with E-state index in [1.54, 1.807) is 22.9 Å². The first kappa shape index (κ1) is 19.0. The summed E-state index contributed by atoms with van der Waals surface area (Å²) in [5.41, 5.74) is 0.970. The van der Waals surface area contributed by atoms with Crippen LogP contribution in [-0.2, 0) is 11.3 Å². The maximum Gasteiger partial charge on any atom is 0.267 e. The van der Waals surface area contributed by atoms with Crippen LogP contribution in [0.4, 0.5) is 0 Å². The molecule has 156 valence electrons. The van der Waals surface area contributed by atoms with E-state index in [-0.39, 0.29) is 34.7 Å². The number of ether oxygens (including phenoxy) is 1. The Morgan fingerprint density at radius 2 is 2.07 bits per heavy atom. The first-order valence-electron chi connectivity index (χ1n) is 10.6. The number of fused-ring (bicyclic) bond motifs is 2. The highest BCUT2D eigenvalue weighted by atomic mass is 16.5. The fourth-order valence-electron chi connectivity index (χ4n) is 4.56. The molecule has 0 aromatic carbocycles. The molecular weight excluding hydrogens is 382 g/mol. The second-order valence-corrected chi connectivity index (χ2v) is 8.19. The molecule has 8 nitrogen and oxygen atoms in total. The van der Waals surface area contributed by atoms with Gasteiger partial charge >= 0.3 is 0 Å². The molecule has 0 spiro atoms. The van der Waals surface area contributed by atoms with Crippen molar-refractivity contribution in [3.63, 3.8) is 0 Å². The molecule has 3 aromatic heterocycles. The molecule has 2 N–H and O–H groups in total. The van der Waals surface area contributed by atoms with Crippen LogP contribution in [0.2, 0.25) is 0 Å². The molecule has 0 radical (unpaired) electrons. The minimum Gasteiger partial charge on any atom is -0.376 e. The summed E-state index contributed by atoms with van der Waals surface area (Å²) in [5.74, 6) is -0.299. The third kappa shape index (κ3) is 3.31. The number of pyridine rings is 2. The minimum atomic E-state index is -0.299. The Bertz CT molecular complexity index is 1230. The number of hydrogen-bond acceptors (Lipinski definition) is 5. The van der Waals surface area contributed by atoms with E-state index >= 15 is 0 Å². The van der Waals surface area contributed by atoms with E-state index in [1.165, 1.54) is 10.5 Å². The summed E-state index contributed by atoms with van der Waals surface area (Å²) in [4.78, 5) is 30.9. The van der Waals surface area contributed by atoms with E-state index in [4.69, 9.17) is 10.1 Å². The standard InChI is InChI=1S/C22H25N5O3/c23-19-16(21(28)24-14-6-1-2-7-14)12-17-20(27(19)13-15-8-5-11-30-15)25-18-9-3-4-10-26(18)22(17)29/h3-4,9-10,12,14-15,23H,1-2,5-8,11,13H2,(H,24,28)/t15-/m0/s1. The quantitative estimate of drug-likeness (QED) is 0.646. The molecule has 1 aliphatic heterocycles. The van der Waals surface area contributed by atoms with Crippen LogP contribution in [0.15, 0.2) is 35.3 Å². The SMILES string of the molecule is N=c1c(C(=O)NC2CCCC2)cc2c(=O)n3ccccc3nc2n1C[C@@H]1CCCO1. The summed E-state index contributed by atoms with van der Waals surface area (Å²) in [5, 5.41) is 12.2. The van der Waals surface area contributed by atoms with Crippen LogP contribution in [0.25, 0.3) is 16.7 Å². The second-order valence-electron chi connectivity index (χ2n) is 8.19. The molecule has 0 unspecified atom stereocenters. The van der Waals surface area contributed by atoms with Gasteiger partial charge in [0, 0.05) is 18.8 Å². The van der Waals surface area contributed by atoms with Gasteiger partial charge in [-0.05, 0) is 43.9 Å². The molecule has 1 saturated carbocycles. The van der Waals surface area contributed by atoms with Gasteiger partial charge in [-0.3, -0.25) is 19.4 Å². The number of amides is 1. The number of aromatic nitrogens is 3. The molecule has 4 heterocycles. The van der Waals surface area contributed by atoms with Crippen molar-refractivity contribution in [3.05, 3.63) is 51.9 Å². The normalized spacial score (nSPS) is 19.7. The zero-order valence-corrected chi connectivity index (χ0v) is 16.8.